The van der Waals surface area contributed by atoms with E-state index < -0.39 is 11.9 Å². The zero-order valence-corrected chi connectivity index (χ0v) is 27.2. The lowest BCUT2D eigenvalue weighted by molar-refractivity contribution is -0.134. The van der Waals surface area contributed by atoms with Gasteiger partial charge in [-0.15, -0.1) is 11.3 Å². The molecule has 2 fully saturated rings. The van der Waals surface area contributed by atoms with Crippen molar-refractivity contribution in [3.05, 3.63) is 70.6 Å². The molecule has 0 unspecified atom stereocenters. The van der Waals surface area contributed by atoms with Gasteiger partial charge in [0.05, 0.1) is 6.61 Å². The summed E-state index contributed by atoms with van der Waals surface area (Å²) in [6.07, 6.45) is 2.45. The minimum Gasteiger partial charge on any atom is -0.478 e. The average Bonchev–Trinajstić information content (AvgIpc) is 3.45. The van der Waals surface area contributed by atoms with E-state index in [-0.39, 0.29) is 5.91 Å². The molecule has 0 spiro atoms. The Morgan fingerprint density at radius 1 is 0.844 bits per heavy atom. The molecule has 0 saturated carbocycles. The molecule has 10 nitrogen and oxygen atoms in total. The molecular formula is C34H44N4O6S. The van der Waals surface area contributed by atoms with E-state index in [9.17, 15) is 14.4 Å². The summed E-state index contributed by atoms with van der Waals surface area (Å²) >= 11 is 1.82. The highest BCUT2D eigenvalue weighted by Crippen LogP contribution is 2.34. The van der Waals surface area contributed by atoms with Gasteiger partial charge >= 0.3 is 11.9 Å². The quantitative estimate of drug-likeness (QED) is 0.243. The molecule has 2 N–H and O–H groups in total. The van der Waals surface area contributed by atoms with Crippen molar-refractivity contribution in [3.8, 4) is 0 Å². The molecule has 2 saturated heterocycles. The number of carboxylic acids is 2. The topological polar surface area (TPSA) is 114 Å². The van der Waals surface area contributed by atoms with Crippen LogP contribution in [-0.2, 0) is 25.7 Å². The molecule has 11 heteroatoms. The molecule has 3 heterocycles. The van der Waals surface area contributed by atoms with Gasteiger partial charge in [0.1, 0.15) is 0 Å². The van der Waals surface area contributed by atoms with Gasteiger partial charge in [0, 0.05) is 104 Å². The number of hydrogen-bond donors (Lipinski definition) is 2. The van der Waals surface area contributed by atoms with Crippen LogP contribution in [0.4, 0.5) is 11.4 Å². The summed E-state index contributed by atoms with van der Waals surface area (Å²) < 4.78 is 7.32. The Labute approximate surface area is 269 Å². The summed E-state index contributed by atoms with van der Waals surface area (Å²) in [5.74, 6) is -2.26. The molecule has 0 atom stereocenters. The normalized spacial score (nSPS) is 15.8. The van der Waals surface area contributed by atoms with Crippen molar-refractivity contribution >= 4 is 50.6 Å². The van der Waals surface area contributed by atoms with Crippen LogP contribution in [0.3, 0.4) is 0 Å². The zero-order valence-electron chi connectivity index (χ0n) is 26.4. The van der Waals surface area contributed by atoms with Gasteiger partial charge in [-0.25, -0.2) is 9.59 Å². The van der Waals surface area contributed by atoms with Crippen molar-refractivity contribution in [2.45, 2.75) is 33.3 Å². The van der Waals surface area contributed by atoms with E-state index in [1.54, 1.807) is 0 Å². The molecule has 242 valence electrons. The van der Waals surface area contributed by atoms with Crippen molar-refractivity contribution < 1.29 is 29.3 Å². The highest BCUT2D eigenvalue weighted by atomic mass is 32.1. The molecule has 2 aliphatic heterocycles. The number of aliphatic carboxylic acids is 2. The van der Waals surface area contributed by atoms with Gasteiger partial charge in [0.25, 0.3) is 0 Å². The van der Waals surface area contributed by atoms with Crippen LogP contribution in [-0.4, -0.2) is 104 Å². The minimum atomic E-state index is -1.26. The zero-order chi connectivity index (χ0) is 32.3. The van der Waals surface area contributed by atoms with Crippen LogP contribution in [0.15, 0.2) is 54.6 Å². The van der Waals surface area contributed by atoms with E-state index in [4.69, 9.17) is 14.9 Å². The highest BCUT2D eigenvalue weighted by molar-refractivity contribution is 7.19. The molecule has 45 heavy (non-hydrogen) atoms. The van der Waals surface area contributed by atoms with Crippen LogP contribution >= 0.6 is 11.3 Å². The van der Waals surface area contributed by atoms with Gasteiger partial charge in [-0.2, -0.15) is 0 Å². The number of anilines is 2. The third-order valence-corrected chi connectivity index (χ3v) is 9.35. The number of aryl methyl sites for hydroxylation is 1. The first-order valence-corrected chi connectivity index (χ1v) is 16.2. The summed E-state index contributed by atoms with van der Waals surface area (Å²) in [4.78, 5) is 42.5. The van der Waals surface area contributed by atoms with Gasteiger partial charge < -0.3 is 34.5 Å². The Bertz CT molecular complexity index is 1470. The number of amides is 1. The number of nitrogens with zero attached hydrogens (tertiary/aromatic N) is 4. The number of carbonyl (C=O) groups excluding carboxylic acids is 1. The average molecular weight is 637 g/mol. The van der Waals surface area contributed by atoms with Crippen LogP contribution in [0.1, 0.15) is 28.8 Å². The standard InChI is InChI=1S/C30H40N4O2S.C4H4O4/c1-23-7-4-8-27(24(23)2)32-16-18-34(19-17-32)30(35)11-6-20-36-22-25-21-26-28(9-5-10-29(26)37-25)33-14-12-31(3)13-15-33;5-3(6)1-2-4(7)8/h4-5,7-10,21H,6,11-20,22H2,1-3H3;1-2H,(H,5,6)(H,7,8)/b;2-1+. The van der Waals surface area contributed by atoms with Crippen LogP contribution in [0.25, 0.3) is 10.1 Å². The number of thiophene rings is 1. The Morgan fingerprint density at radius 2 is 1.44 bits per heavy atom. The fraction of sp³-hybridized carbons (Fsp3) is 0.441. The van der Waals surface area contributed by atoms with Crippen LogP contribution in [0.2, 0.25) is 0 Å². The maximum atomic E-state index is 12.8. The molecule has 2 aromatic carbocycles. The van der Waals surface area contributed by atoms with Crippen molar-refractivity contribution in [1.29, 1.82) is 0 Å². The molecule has 2 aliphatic rings. The second-order valence-electron chi connectivity index (χ2n) is 11.4. The maximum absolute atomic E-state index is 12.8. The molecule has 3 aromatic rings. The number of likely N-dealkylation sites (N-methyl/N-ethyl adjacent to an activating group) is 1. The highest BCUT2D eigenvalue weighted by Gasteiger charge is 2.22. The molecule has 5 rings (SSSR count). The monoisotopic (exact) mass is 636 g/mol. The van der Waals surface area contributed by atoms with Crippen LogP contribution < -0.4 is 9.80 Å². The van der Waals surface area contributed by atoms with Gasteiger partial charge in [-0.3, -0.25) is 4.79 Å². The predicted molar refractivity (Wildman–Crippen MR) is 180 cm³/mol. The Morgan fingerprint density at radius 3 is 2.11 bits per heavy atom. The first kappa shape index (κ1) is 34.0. The van der Waals surface area contributed by atoms with Gasteiger partial charge in [-0.05, 0) is 62.7 Å². The first-order valence-electron chi connectivity index (χ1n) is 15.4. The minimum absolute atomic E-state index is 0.253. The smallest absolute Gasteiger partial charge is 0.328 e. The lowest BCUT2D eigenvalue weighted by Crippen LogP contribution is -2.49. The lowest BCUT2D eigenvalue weighted by Gasteiger charge is -2.37. The van der Waals surface area contributed by atoms with E-state index in [1.807, 2.05) is 16.2 Å². The van der Waals surface area contributed by atoms with Crippen molar-refractivity contribution in [2.75, 3.05) is 75.8 Å². The Kier molecular flexibility index (Phi) is 12.4. The van der Waals surface area contributed by atoms with E-state index in [1.165, 1.54) is 37.5 Å². The number of benzene rings is 2. The van der Waals surface area contributed by atoms with Gasteiger partial charge in [-0.1, -0.05) is 18.2 Å². The summed E-state index contributed by atoms with van der Waals surface area (Å²) in [6, 6.07) is 15.4. The third-order valence-electron chi connectivity index (χ3n) is 8.27. The van der Waals surface area contributed by atoms with Crippen molar-refractivity contribution in [2.24, 2.45) is 0 Å². The molecule has 1 amide bonds. The number of ether oxygens (including phenoxy) is 1. The van der Waals surface area contributed by atoms with Crippen molar-refractivity contribution in [3.63, 3.8) is 0 Å². The molecule has 0 aliphatic carbocycles. The van der Waals surface area contributed by atoms with Crippen molar-refractivity contribution in [1.82, 2.24) is 9.80 Å². The van der Waals surface area contributed by atoms with Crippen LogP contribution in [0, 0.1) is 13.8 Å². The Balaban J connectivity index is 0.000000510. The number of hydrogen-bond acceptors (Lipinski definition) is 8. The third kappa shape index (κ3) is 9.78. The SMILES string of the molecule is Cc1cccc(N2CCN(C(=O)CCCOCc3cc4c(N5CCN(C)CC5)cccc4s3)CC2)c1C.O=C(O)/C=C/C(=O)O. The maximum Gasteiger partial charge on any atom is 0.328 e. The second-order valence-corrected chi connectivity index (χ2v) is 12.6. The van der Waals surface area contributed by atoms with E-state index in [0.717, 1.165) is 58.8 Å². The molecular weight excluding hydrogens is 592 g/mol. The number of piperazine rings is 2. The largest absolute Gasteiger partial charge is 0.478 e. The van der Waals surface area contributed by atoms with E-state index >= 15 is 0 Å². The number of carbonyl (C=O) groups is 3. The van der Waals surface area contributed by atoms with Gasteiger partial charge in [0.2, 0.25) is 5.91 Å². The Hall–Kier alpha value is -3.93. The summed E-state index contributed by atoms with van der Waals surface area (Å²) in [5, 5.41) is 17.0. The van der Waals surface area contributed by atoms with Gasteiger partial charge in [0.15, 0.2) is 0 Å². The fourth-order valence-electron chi connectivity index (χ4n) is 5.57. The fourth-order valence-corrected chi connectivity index (χ4v) is 6.59. The lowest BCUT2D eigenvalue weighted by atomic mass is 10.1. The summed E-state index contributed by atoms with van der Waals surface area (Å²) in [5.41, 5.74) is 5.31. The molecule has 0 bridgehead atoms. The second kappa shape index (κ2) is 16.4. The number of carboxylic acid groups (broad SMARTS) is 2. The molecule has 0 radical (unpaired) electrons. The molecule has 1 aromatic heterocycles. The number of fused-ring (bicyclic) bond motifs is 1. The first-order chi connectivity index (χ1) is 21.6. The number of rotatable bonds is 10. The van der Waals surface area contributed by atoms with E-state index in [0.29, 0.717) is 31.8 Å². The summed E-state index contributed by atoms with van der Waals surface area (Å²) in [6.45, 7) is 13.3. The summed E-state index contributed by atoms with van der Waals surface area (Å²) in [7, 11) is 2.19. The predicted octanol–water partition coefficient (Wildman–Crippen LogP) is 4.63. The van der Waals surface area contributed by atoms with E-state index in [2.05, 4.69) is 78.1 Å². The van der Waals surface area contributed by atoms with Crippen LogP contribution in [0.5, 0.6) is 0 Å².